The molecule has 0 atom stereocenters. The number of ether oxygens (including phenoxy) is 1. The van der Waals surface area contributed by atoms with E-state index < -0.39 is 0 Å². The first-order chi connectivity index (χ1) is 4.43. The monoisotopic (exact) mass is 120 g/mol. The van der Waals surface area contributed by atoms with Crippen molar-refractivity contribution < 1.29 is 4.74 Å². The standard InChI is InChI=1S/C7H6NO/c1-9-6-7-4-2-3-5-8-7/h2-5H,6H2. The number of rotatable bonds is 2. The number of aromatic nitrogens is 1. The Labute approximate surface area is 54.5 Å². The normalized spacial score (nSPS) is 9.44. The second kappa shape index (κ2) is 3.20. The highest BCUT2D eigenvalue weighted by Crippen LogP contribution is 1.93. The van der Waals surface area contributed by atoms with Gasteiger partial charge in [0.15, 0.2) is 7.11 Å². The Morgan fingerprint density at radius 2 is 2.44 bits per heavy atom. The molecular weight excluding hydrogens is 114 g/mol. The third kappa shape index (κ3) is 1.82. The van der Waals surface area contributed by atoms with E-state index in [-0.39, 0.29) is 6.61 Å². The van der Waals surface area contributed by atoms with E-state index in [1.807, 2.05) is 18.2 Å². The van der Waals surface area contributed by atoms with Gasteiger partial charge in [0.05, 0.1) is 12.3 Å². The molecule has 0 bridgehead atoms. The molecule has 0 fully saturated rings. The van der Waals surface area contributed by atoms with Gasteiger partial charge in [0.1, 0.15) is 0 Å². The summed E-state index contributed by atoms with van der Waals surface area (Å²) in [4.78, 5) is 3.92. The second-order valence-corrected chi connectivity index (χ2v) is 1.61. The zero-order valence-corrected chi connectivity index (χ0v) is 4.87. The molecule has 0 aliphatic carbocycles. The van der Waals surface area contributed by atoms with Gasteiger partial charge in [0.2, 0.25) is 0 Å². The van der Waals surface area contributed by atoms with E-state index in [9.17, 15) is 0 Å². The molecule has 2 nitrogen and oxygen atoms in total. The summed E-state index contributed by atoms with van der Waals surface area (Å²) in [6.07, 6.45) is 1.67. The molecular formula is C7H6NO. The maximum atomic E-state index is 6.40. The number of pyridine rings is 1. The fraction of sp³-hybridized carbons (Fsp3) is 0.143. The lowest BCUT2D eigenvalue weighted by Crippen LogP contribution is -1.87. The van der Waals surface area contributed by atoms with E-state index >= 15 is 0 Å². The van der Waals surface area contributed by atoms with Crippen molar-refractivity contribution in [2.24, 2.45) is 0 Å². The average molecular weight is 120 g/mol. The molecule has 0 saturated heterocycles. The van der Waals surface area contributed by atoms with Crippen molar-refractivity contribution in [2.45, 2.75) is 6.61 Å². The third-order valence-electron chi connectivity index (χ3n) is 0.946. The first-order valence-electron chi connectivity index (χ1n) is 2.62. The maximum absolute atomic E-state index is 6.40. The van der Waals surface area contributed by atoms with Crippen LogP contribution in [0, 0.1) is 7.11 Å². The fourth-order valence-electron chi connectivity index (χ4n) is 0.557. The van der Waals surface area contributed by atoms with E-state index in [0.717, 1.165) is 5.69 Å². The Kier molecular flexibility index (Phi) is 2.22. The van der Waals surface area contributed by atoms with Crippen LogP contribution < -0.4 is 0 Å². The van der Waals surface area contributed by atoms with Crippen molar-refractivity contribution >= 4 is 0 Å². The van der Waals surface area contributed by atoms with Gasteiger partial charge in [-0.25, -0.2) is 0 Å². The Morgan fingerprint density at radius 1 is 1.56 bits per heavy atom. The van der Waals surface area contributed by atoms with Crippen LogP contribution in [0.2, 0.25) is 0 Å². The summed E-state index contributed by atoms with van der Waals surface area (Å²) in [6, 6.07) is 5.50. The first-order valence-corrected chi connectivity index (χ1v) is 2.62. The van der Waals surface area contributed by atoms with Crippen molar-refractivity contribution in [3.8, 4) is 0 Å². The minimum atomic E-state index is 0.265. The molecule has 0 aliphatic rings. The topological polar surface area (TPSA) is 22.1 Å². The Morgan fingerprint density at radius 3 is 3.00 bits per heavy atom. The van der Waals surface area contributed by atoms with Gasteiger partial charge in [-0.05, 0) is 12.1 Å². The Balaban J connectivity index is 2.61. The summed E-state index contributed by atoms with van der Waals surface area (Å²) >= 11 is 0. The van der Waals surface area contributed by atoms with Crippen LogP contribution in [0.3, 0.4) is 0 Å². The molecule has 3 radical (unpaired) electrons. The molecule has 0 aliphatic heterocycles. The quantitative estimate of drug-likeness (QED) is 0.584. The van der Waals surface area contributed by atoms with E-state index in [2.05, 4.69) is 9.72 Å². The van der Waals surface area contributed by atoms with E-state index in [0.29, 0.717) is 0 Å². The number of hydrogen-bond acceptors (Lipinski definition) is 2. The predicted molar refractivity (Wildman–Crippen MR) is 32.3 cm³/mol. The summed E-state index contributed by atoms with van der Waals surface area (Å²) in [6.45, 7) is 0.265. The van der Waals surface area contributed by atoms with Crippen LogP contribution >= 0.6 is 0 Å². The van der Waals surface area contributed by atoms with Crippen molar-refractivity contribution in [3.63, 3.8) is 0 Å². The Bertz CT molecular complexity index is 162. The minimum Gasteiger partial charge on any atom is -0.359 e. The number of hydrogen-bond donors (Lipinski definition) is 0. The van der Waals surface area contributed by atoms with Gasteiger partial charge in [-0.1, -0.05) is 6.07 Å². The highest BCUT2D eigenvalue weighted by atomic mass is 16.5. The molecule has 1 aromatic heterocycles. The lowest BCUT2D eigenvalue weighted by molar-refractivity contribution is 0.225. The SMILES string of the molecule is [C]OCc1ccccn1. The summed E-state index contributed by atoms with van der Waals surface area (Å²) in [5, 5.41) is 0. The zero-order valence-electron chi connectivity index (χ0n) is 4.87. The van der Waals surface area contributed by atoms with Crippen LogP contribution in [0.4, 0.5) is 0 Å². The molecule has 0 saturated carbocycles. The van der Waals surface area contributed by atoms with Gasteiger partial charge in [0.25, 0.3) is 0 Å². The van der Waals surface area contributed by atoms with Crippen LogP contribution in [0.5, 0.6) is 0 Å². The third-order valence-corrected chi connectivity index (χ3v) is 0.946. The van der Waals surface area contributed by atoms with Crippen LogP contribution in [0.1, 0.15) is 5.69 Å². The van der Waals surface area contributed by atoms with Gasteiger partial charge in [0, 0.05) is 6.20 Å². The summed E-state index contributed by atoms with van der Waals surface area (Å²) in [5.41, 5.74) is 0.785. The molecule has 0 amide bonds. The molecule has 45 valence electrons. The zero-order chi connectivity index (χ0) is 6.53. The molecule has 0 unspecified atom stereocenters. The highest BCUT2D eigenvalue weighted by molar-refractivity contribution is 5.01. The molecule has 1 rings (SSSR count). The van der Waals surface area contributed by atoms with E-state index in [1.165, 1.54) is 0 Å². The predicted octanol–water partition coefficient (Wildman–Crippen LogP) is 1.14. The summed E-state index contributed by atoms with van der Waals surface area (Å²) < 4.78 is 4.12. The second-order valence-electron chi connectivity index (χ2n) is 1.61. The molecule has 0 N–H and O–H groups in total. The molecule has 9 heavy (non-hydrogen) atoms. The number of nitrogens with zero attached hydrogens (tertiary/aromatic N) is 1. The largest absolute Gasteiger partial charge is 0.359 e. The van der Waals surface area contributed by atoms with Crippen molar-refractivity contribution in [2.75, 3.05) is 0 Å². The summed E-state index contributed by atoms with van der Waals surface area (Å²) in [7, 11) is 6.40. The lowest BCUT2D eigenvalue weighted by Gasteiger charge is -1.93. The average Bonchev–Trinajstić information content (AvgIpc) is 1.91. The van der Waals surface area contributed by atoms with E-state index in [1.54, 1.807) is 6.20 Å². The van der Waals surface area contributed by atoms with Gasteiger partial charge < -0.3 is 4.74 Å². The van der Waals surface area contributed by atoms with Gasteiger partial charge in [-0.3, -0.25) is 4.98 Å². The van der Waals surface area contributed by atoms with Crippen LogP contribution in [0.25, 0.3) is 0 Å². The molecule has 0 aromatic carbocycles. The van der Waals surface area contributed by atoms with Crippen molar-refractivity contribution in [1.82, 2.24) is 4.98 Å². The highest BCUT2D eigenvalue weighted by Gasteiger charge is 1.86. The van der Waals surface area contributed by atoms with E-state index in [4.69, 9.17) is 7.11 Å². The van der Waals surface area contributed by atoms with Gasteiger partial charge >= 0.3 is 0 Å². The van der Waals surface area contributed by atoms with Gasteiger partial charge in [-0.15, -0.1) is 0 Å². The summed E-state index contributed by atoms with van der Waals surface area (Å²) in [5.74, 6) is 0. The molecule has 1 aromatic rings. The Hall–Kier alpha value is -0.890. The fourth-order valence-corrected chi connectivity index (χ4v) is 0.557. The molecule has 0 spiro atoms. The minimum absolute atomic E-state index is 0.265. The van der Waals surface area contributed by atoms with Crippen LogP contribution in [-0.4, -0.2) is 4.98 Å². The lowest BCUT2D eigenvalue weighted by atomic mass is 10.4. The van der Waals surface area contributed by atoms with Crippen molar-refractivity contribution in [3.05, 3.63) is 37.2 Å². The van der Waals surface area contributed by atoms with Crippen LogP contribution in [-0.2, 0) is 11.3 Å². The molecule has 2 heteroatoms. The maximum Gasteiger partial charge on any atom is 0.174 e. The first kappa shape index (κ1) is 6.23. The smallest absolute Gasteiger partial charge is 0.174 e. The molecule has 1 heterocycles. The van der Waals surface area contributed by atoms with Crippen molar-refractivity contribution in [1.29, 1.82) is 0 Å². The van der Waals surface area contributed by atoms with Crippen LogP contribution in [0.15, 0.2) is 24.4 Å². The van der Waals surface area contributed by atoms with Gasteiger partial charge in [-0.2, -0.15) is 0 Å².